The zero-order chi connectivity index (χ0) is 20.1. The van der Waals surface area contributed by atoms with Gasteiger partial charge >= 0.3 is 0 Å². The van der Waals surface area contributed by atoms with Gasteiger partial charge < -0.3 is 24.7 Å². The van der Waals surface area contributed by atoms with E-state index in [9.17, 15) is 4.79 Å². The summed E-state index contributed by atoms with van der Waals surface area (Å²) in [6.07, 6.45) is 3.31. The lowest BCUT2D eigenvalue weighted by Crippen LogP contribution is -2.06. The number of allylic oxidation sites excluding steroid dienone is 1. The zero-order valence-electron chi connectivity index (χ0n) is 16.4. The largest absolute Gasteiger partial charge is 0.496 e. The number of carbonyl (C=O) groups excluding carboxylic acids is 1. The first kappa shape index (κ1) is 19.6. The second-order valence-corrected chi connectivity index (χ2v) is 6.38. The van der Waals surface area contributed by atoms with Gasteiger partial charge in [-0.3, -0.25) is 4.79 Å². The molecule has 2 aromatic carbocycles. The van der Waals surface area contributed by atoms with Gasteiger partial charge in [-0.25, -0.2) is 0 Å². The lowest BCUT2D eigenvalue weighted by atomic mass is 9.96. The molecule has 0 radical (unpaired) electrons. The van der Waals surface area contributed by atoms with E-state index in [0.717, 1.165) is 12.0 Å². The summed E-state index contributed by atoms with van der Waals surface area (Å²) in [6, 6.07) is 8.72. The molecule has 0 atom stereocenters. The van der Waals surface area contributed by atoms with Gasteiger partial charge in [-0.1, -0.05) is 13.3 Å². The minimum atomic E-state index is -0.0671. The third kappa shape index (κ3) is 4.06. The lowest BCUT2D eigenvalue weighted by Gasteiger charge is -2.12. The van der Waals surface area contributed by atoms with Crippen LogP contribution < -0.4 is 24.7 Å². The highest BCUT2D eigenvalue weighted by atomic mass is 16.7. The van der Waals surface area contributed by atoms with Gasteiger partial charge in [0, 0.05) is 22.8 Å². The Morgan fingerprint density at radius 2 is 1.89 bits per heavy atom. The Kier molecular flexibility index (Phi) is 6.09. The van der Waals surface area contributed by atoms with Crippen LogP contribution in [0.2, 0.25) is 0 Å². The molecule has 0 saturated heterocycles. The topological polar surface area (TPSA) is 80.0 Å². The van der Waals surface area contributed by atoms with Gasteiger partial charge in [-0.2, -0.15) is 0 Å². The predicted octanol–water partition coefficient (Wildman–Crippen LogP) is 4.47. The normalized spacial score (nSPS) is 12.8. The molecule has 0 amide bonds. The Morgan fingerprint density at radius 1 is 1.14 bits per heavy atom. The standard InChI is InChI=1S/C22H25NO5/c1-4-6-14(22(24)15-7-8-17(23)19(10-15)26-5-2)9-16-11-20-21(28-13-27-20)12-18(16)25-3/h7-12H,4-6,13,23H2,1-3H3/b14-9+. The molecule has 1 heterocycles. The van der Waals surface area contributed by atoms with Crippen LogP contribution in [0.5, 0.6) is 23.0 Å². The Bertz CT molecular complexity index is 904. The monoisotopic (exact) mass is 383 g/mol. The fourth-order valence-corrected chi connectivity index (χ4v) is 3.08. The van der Waals surface area contributed by atoms with Crippen molar-refractivity contribution < 1.29 is 23.7 Å². The molecule has 0 spiro atoms. The quantitative estimate of drug-likeness (QED) is 0.411. The Balaban J connectivity index is 2.00. The van der Waals surface area contributed by atoms with Crippen molar-refractivity contribution in [1.29, 1.82) is 0 Å². The number of hydrogen-bond acceptors (Lipinski definition) is 6. The number of anilines is 1. The minimum absolute atomic E-state index is 0.0671. The van der Waals surface area contributed by atoms with Crippen LogP contribution in [-0.2, 0) is 0 Å². The smallest absolute Gasteiger partial charge is 0.231 e. The average Bonchev–Trinajstić information content (AvgIpc) is 3.15. The molecule has 0 bridgehead atoms. The zero-order valence-corrected chi connectivity index (χ0v) is 16.4. The number of ether oxygens (including phenoxy) is 4. The fraction of sp³-hybridized carbons (Fsp3) is 0.318. The number of methoxy groups -OCH3 is 1. The van der Waals surface area contributed by atoms with Crippen LogP contribution in [-0.4, -0.2) is 26.3 Å². The molecule has 6 nitrogen and oxygen atoms in total. The minimum Gasteiger partial charge on any atom is -0.496 e. The van der Waals surface area contributed by atoms with Gasteiger partial charge in [0.1, 0.15) is 11.5 Å². The number of carbonyl (C=O) groups is 1. The van der Waals surface area contributed by atoms with Crippen LogP contribution in [0.3, 0.4) is 0 Å². The molecule has 0 aromatic heterocycles. The van der Waals surface area contributed by atoms with Crippen molar-refractivity contribution in [2.75, 3.05) is 26.2 Å². The SMILES string of the molecule is CCC/C(=C\c1cc2c(cc1OC)OCO2)C(=O)c1ccc(N)c(OCC)c1. The van der Waals surface area contributed by atoms with Crippen LogP contribution in [0.15, 0.2) is 35.9 Å². The molecule has 0 saturated carbocycles. The summed E-state index contributed by atoms with van der Waals surface area (Å²) >= 11 is 0. The van der Waals surface area contributed by atoms with Gasteiger partial charge in [-0.15, -0.1) is 0 Å². The van der Waals surface area contributed by atoms with Crippen LogP contribution in [0.1, 0.15) is 42.6 Å². The number of fused-ring (bicyclic) bond motifs is 1. The highest BCUT2D eigenvalue weighted by molar-refractivity contribution is 6.11. The highest BCUT2D eigenvalue weighted by Gasteiger charge is 2.19. The highest BCUT2D eigenvalue weighted by Crippen LogP contribution is 2.39. The van der Waals surface area contributed by atoms with Crippen LogP contribution >= 0.6 is 0 Å². The lowest BCUT2D eigenvalue weighted by molar-refractivity contribution is 0.103. The molecule has 1 aliphatic rings. The summed E-state index contributed by atoms with van der Waals surface area (Å²) < 4.78 is 21.9. The number of hydrogen-bond donors (Lipinski definition) is 1. The van der Waals surface area contributed by atoms with Gasteiger partial charge in [0.25, 0.3) is 0 Å². The number of rotatable bonds is 8. The van der Waals surface area contributed by atoms with E-state index < -0.39 is 0 Å². The van der Waals surface area contributed by atoms with Crippen molar-refractivity contribution in [2.24, 2.45) is 0 Å². The van der Waals surface area contributed by atoms with E-state index in [1.807, 2.05) is 26.0 Å². The van der Waals surface area contributed by atoms with Crippen molar-refractivity contribution in [1.82, 2.24) is 0 Å². The van der Waals surface area contributed by atoms with E-state index in [-0.39, 0.29) is 12.6 Å². The molecule has 6 heteroatoms. The summed E-state index contributed by atoms with van der Waals surface area (Å²) in [6.45, 7) is 4.57. The summed E-state index contributed by atoms with van der Waals surface area (Å²) in [5, 5.41) is 0. The second-order valence-electron chi connectivity index (χ2n) is 6.38. The van der Waals surface area contributed by atoms with E-state index in [1.165, 1.54) is 0 Å². The van der Waals surface area contributed by atoms with Crippen molar-refractivity contribution in [3.05, 3.63) is 47.0 Å². The summed E-state index contributed by atoms with van der Waals surface area (Å²) in [5.41, 5.74) is 8.42. The van der Waals surface area contributed by atoms with E-state index in [4.69, 9.17) is 24.7 Å². The molecule has 0 fully saturated rings. The first-order valence-corrected chi connectivity index (χ1v) is 9.32. The Hall–Kier alpha value is -3.15. The Morgan fingerprint density at radius 3 is 2.57 bits per heavy atom. The van der Waals surface area contributed by atoms with Crippen molar-refractivity contribution in [3.8, 4) is 23.0 Å². The van der Waals surface area contributed by atoms with E-state index in [2.05, 4.69) is 0 Å². The molecule has 3 rings (SSSR count). The third-order valence-electron chi connectivity index (χ3n) is 4.44. The van der Waals surface area contributed by atoms with Crippen LogP contribution in [0.25, 0.3) is 6.08 Å². The van der Waals surface area contributed by atoms with Gasteiger partial charge in [0.05, 0.1) is 19.4 Å². The van der Waals surface area contributed by atoms with Crippen molar-refractivity contribution in [3.63, 3.8) is 0 Å². The molecule has 1 aliphatic heterocycles. The molecule has 148 valence electrons. The number of benzene rings is 2. The van der Waals surface area contributed by atoms with Gasteiger partial charge in [0.15, 0.2) is 17.3 Å². The van der Waals surface area contributed by atoms with Crippen molar-refractivity contribution in [2.45, 2.75) is 26.7 Å². The summed E-state index contributed by atoms with van der Waals surface area (Å²) in [5.74, 6) is 2.35. The van der Waals surface area contributed by atoms with Crippen LogP contribution in [0, 0.1) is 0 Å². The fourth-order valence-electron chi connectivity index (χ4n) is 3.08. The maximum absolute atomic E-state index is 13.2. The molecule has 28 heavy (non-hydrogen) atoms. The number of nitrogens with two attached hydrogens (primary N) is 1. The molecular weight excluding hydrogens is 358 g/mol. The summed E-state index contributed by atoms with van der Waals surface area (Å²) in [7, 11) is 1.59. The van der Waals surface area contributed by atoms with Crippen molar-refractivity contribution >= 4 is 17.5 Å². The Labute approximate surface area is 164 Å². The molecular formula is C22H25NO5. The number of ketones is 1. The molecule has 2 N–H and O–H groups in total. The molecule has 0 unspecified atom stereocenters. The maximum atomic E-state index is 13.2. The third-order valence-corrected chi connectivity index (χ3v) is 4.44. The van der Waals surface area contributed by atoms with E-state index >= 15 is 0 Å². The average molecular weight is 383 g/mol. The molecule has 2 aromatic rings. The number of nitrogen functional groups attached to an aromatic ring is 1. The molecule has 0 aliphatic carbocycles. The van der Waals surface area contributed by atoms with E-state index in [0.29, 0.717) is 52.8 Å². The van der Waals surface area contributed by atoms with Crippen LogP contribution in [0.4, 0.5) is 5.69 Å². The first-order chi connectivity index (χ1) is 13.6. The second kappa shape index (κ2) is 8.69. The summed E-state index contributed by atoms with van der Waals surface area (Å²) in [4.78, 5) is 13.2. The van der Waals surface area contributed by atoms with Gasteiger partial charge in [0.2, 0.25) is 6.79 Å². The predicted molar refractivity (Wildman–Crippen MR) is 108 cm³/mol. The first-order valence-electron chi connectivity index (χ1n) is 9.32. The van der Waals surface area contributed by atoms with E-state index in [1.54, 1.807) is 31.4 Å². The number of Topliss-reactive ketones (excluding diaryl/α,β-unsaturated/α-hetero) is 1. The van der Waals surface area contributed by atoms with Gasteiger partial charge in [-0.05, 0) is 43.7 Å². The maximum Gasteiger partial charge on any atom is 0.231 e.